The number of benzene rings is 3. The normalized spacial score (nSPS) is 11.3. The van der Waals surface area contributed by atoms with Gasteiger partial charge in [-0.05, 0) is 66.9 Å². The first-order chi connectivity index (χ1) is 14.2. The Morgan fingerprint density at radius 2 is 1.70 bits per heavy atom. The highest BCUT2D eigenvalue weighted by Gasteiger charge is 2.17. The van der Waals surface area contributed by atoms with E-state index >= 15 is 0 Å². The van der Waals surface area contributed by atoms with Gasteiger partial charge in [0.25, 0.3) is 5.91 Å². The molecule has 0 radical (unpaired) electrons. The Bertz CT molecular complexity index is 1200. The molecule has 5 nitrogen and oxygen atoms in total. The van der Waals surface area contributed by atoms with Gasteiger partial charge in [-0.1, -0.05) is 40.2 Å². The summed E-state index contributed by atoms with van der Waals surface area (Å²) >= 11 is 3.16. The van der Waals surface area contributed by atoms with Gasteiger partial charge >= 0.3 is 0 Å². The van der Waals surface area contributed by atoms with Crippen LogP contribution in [0.1, 0.15) is 27.0 Å². The van der Waals surface area contributed by atoms with Gasteiger partial charge in [-0.3, -0.25) is 4.79 Å². The van der Waals surface area contributed by atoms with E-state index in [0.29, 0.717) is 21.2 Å². The molecule has 0 fully saturated rings. The molecule has 0 aliphatic heterocycles. The zero-order valence-electron chi connectivity index (χ0n) is 16.4. The number of nitrogens with one attached hydrogen (secondary N) is 2. The van der Waals surface area contributed by atoms with Crippen LogP contribution >= 0.6 is 15.9 Å². The Balaban J connectivity index is 1.67. The van der Waals surface area contributed by atoms with Crippen molar-refractivity contribution >= 4 is 37.5 Å². The van der Waals surface area contributed by atoms with Gasteiger partial charge in [0.2, 0.25) is 10.0 Å². The minimum atomic E-state index is -3.66. The number of anilines is 1. The largest absolute Gasteiger partial charge is 0.319 e. The molecule has 3 rings (SSSR count). The van der Waals surface area contributed by atoms with E-state index in [1.807, 2.05) is 13.0 Å². The molecule has 156 valence electrons. The van der Waals surface area contributed by atoms with E-state index in [2.05, 4.69) is 26.0 Å². The van der Waals surface area contributed by atoms with Crippen LogP contribution in [0.2, 0.25) is 0 Å². The summed E-state index contributed by atoms with van der Waals surface area (Å²) in [5.74, 6) is -1.01. The predicted molar refractivity (Wildman–Crippen MR) is 118 cm³/mol. The molecule has 30 heavy (non-hydrogen) atoms. The minimum absolute atomic E-state index is 0.0774. The Kier molecular flexibility index (Phi) is 6.70. The first kappa shape index (κ1) is 22.1. The molecule has 0 atom stereocenters. The van der Waals surface area contributed by atoms with Gasteiger partial charge in [0, 0.05) is 16.6 Å². The van der Waals surface area contributed by atoms with Crippen LogP contribution in [0.5, 0.6) is 0 Å². The molecule has 8 heteroatoms. The molecular formula is C22H20BrFN2O3S. The van der Waals surface area contributed by atoms with Gasteiger partial charge in [0.15, 0.2) is 0 Å². The highest BCUT2D eigenvalue weighted by molar-refractivity contribution is 9.10. The number of hydrogen-bond acceptors (Lipinski definition) is 3. The third-order valence-corrected chi connectivity index (χ3v) is 6.53. The summed E-state index contributed by atoms with van der Waals surface area (Å²) in [5.41, 5.74) is 2.63. The fraction of sp³-hybridized carbons (Fsp3) is 0.136. The quantitative estimate of drug-likeness (QED) is 0.513. The topological polar surface area (TPSA) is 75.3 Å². The zero-order chi connectivity index (χ0) is 21.9. The number of carbonyl (C=O) groups excluding carboxylic acids is 1. The van der Waals surface area contributed by atoms with Crippen molar-refractivity contribution in [3.05, 3.63) is 93.2 Å². The molecule has 0 saturated heterocycles. The van der Waals surface area contributed by atoms with Crippen molar-refractivity contribution in [2.75, 3.05) is 5.32 Å². The number of halogens is 2. The van der Waals surface area contributed by atoms with Crippen molar-refractivity contribution in [1.82, 2.24) is 4.72 Å². The molecule has 0 aliphatic carbocycles. The molecule has 0 aliphatic rings. The van der Waals surface area contributed by atoms with Crippen LogP contribution in [0.4, 0.5) is 10.1 Å². The van der Waals surface area contributed by atoms with Crippen molar-refractivity contribution in [2.45, 2.75) is 25.3 Å². The molecule has 2 N–H and O–H groups in total. The maximum absolute atomic E-state index is 13.9. The summed E-state index contributed by atoms with van der Waals surface area (Å²) in [6.07, 6.45) is 0. The number of rotatable bonds is 6. The van der Waals surface area contributed by atoms with E-state index in [1.165, 1.54) is 12.1 Å². The Morgan fingerprint density at radius 1 is 1.00 bits per heavy atom. The van der Waals surface area contributed by atoms with Crippen LogP contribution < -0.4 is 10.0 Å². The van der Waals surface area contributed by atoms with Gasteiger partial charge in [0.05, 0.1) is 10.6 Å². The third kappa shape index (κ3) is 5.33. The monoisotopic (exact) mass is 490 g/mol. The number of aryl methyl sites for hydroxylation is 2. The molecule has 0 bridgehead atoms. The van der Waals surface area contributed by atoms with Crippen LogP contribution in [-0.2, 0) is 16.6 Å². The molecular weight excluding hydrogens is 471 g/mol. The molecule has 0 heterocycles. The average Bonchev–Trinajstić information content (AvgIpc) is 2.70. The Hall–Kier alpha value is -2.55. The van der Waals surface area contributed by atoms with E-state index in [9.17, 15) is 17.6 Å². The second kappa shape index (κ2) is 9.07. The summed E-state index contributed by atoms with van der Waals surface area (Å²) in [7, 11) is -3.66. The van der Waals surface area contributed by atoms with Crippen molar-refractivity contribution in [3.8, 4) is 0 Å². The maximum atomic E-state index is 13.9. The van der Waals surface area contributed by atoms with Crippen LogP contribution in [0.25, 0.3) is 0 Å². The summed E-state index contributed by atoms with van der Waals surface area (Å²) < 4.78 is 42.2. The molecule has 3 aromatic rings. The summed E-state index contributed by atoms with van der Waals surface area (Å²) in [6, 6.07) is 16.0. The van der Waals surface area contributed by atoms with Crippen molar-refractivity contribution < 1.29 is 17.6 Å². The summed E-state index contributed by atoms with van der Waals surface area (Å²) in [4.78, 5) is 12.6. The van der Waals surface area contributed by atoms with Gasteiger partial charge in [0.1, 0.15) is 5.82 Å². The lowest BCUT2D eigenvalue weighted by molar-refractivity contribution is 0.102. The van der Waals surface area contributed by atoms with Gasteiger partial charge in [-0.15, -0.1) is 0 Å². The number of sulfonamides is 1. The smallest absolute Gasteiger partial charge is 0.255 e. The predicted octanol–water partition coefficient (Wildman–Crippen LogP) is 4.94. The summed E-state index contributed by atoms with van der Waals surface area (Å²) in [6.45, 7) is 3.66. The van der Waals surface area contributed by atoms with Gasteiger partial charge < -0.3 is 5.32 Å². The van der Waals surface area contributed by atoms with Gasteiger partial charge in [-0.25, -0.2) is 17.5 Å². The van der Waals surface area contributed by atoms with E-state index in [4.69, 9.17) is 0 Å². The first-order valence-electron chi connectivity index (χ1n) is 9.08. The fourth-order valence-corrected chi connectivity index (χ4v) is 4.49. The van der Waals surface area contributed by atoms with Crippen LogP contribution in [-0.4, -0.2) is 14.3 Å². The SMILES string of the molecule is Cc1ccc(C)c(S(=O)(=O)NCc2ccc(C(=O)Nc3ccc(Br)cc3F)cc2)c1. The van der Waals surface area contributed by atoms with Gasteiger partial charge in [-0.2, -0.15) is 0 Å². The maximum Gasteiger partial charge on any atom is 0.255 e. The van der Waals surface area contributed by atoms with Crippen molar-refractivity contribution in [1.29, 1.82) is 0 Å². The van der Waals surface area contributed by atoms with Crippen molar-refractivity contribution in [2.24, 2.45) is 0 Å². The Morgan fingerprint density at radius 3 is 2.37 bits per heavy atom. The second-order valence-corrected chi connectivity index (χ2v) is 9.52. The van der Waals surface area contributed by atoms with E-state index in [1.54, 1.807) is 49.4 Å². The van der Waals surface area contributed by atoms with E-state index in [0.717, 1.165) is 5.56 Å². The highest BCUT2D eigenvalue weighted by atomic mass is 79.9. The first-order valence-corrected chi connectivity index (χ1v) is 11.4. The number of amides is 1. The minimum Gasteiger partial charge on any atom is -0.319 e. The zero-order valence-corrected chi connectivity index (χ0v) is 18.8. The molecule has 3 aromatic carbocycles. The van der Waals surface area contributed by atoms with E-state index < -0.39 is 21.7 Å². The lowest BCUT2D eigenvalue weighted by Crippen LogP contribution is -2.24. The standard InChI is InChI=1S/C22H20BrFN2O3S/c1-14-3-4-15(2)21(11-14)30(28,29)25-13-16-5-7-17(8-6-16)22(27)26-20-10-9-18(23)12-19(20)24/h3-12,25H,13H2,1-2H3,(H,26,27). The second-order valence-electron chi connectivity index (χ2n) is 6.87. The Labute approximate surface area is 183 Å². The molecule has 0 unspecified atom stereocenters. The van der Waals surface area contributed by atoms with Crippen molar-refractivity contribution in [3.63, 3.8) is 0 Å². The summed E-state index contributed by atoms with van der Waals surface area (Å²) in [5, 5.41) is 2.52. The molecule has 0 aromatic heterocycles. The highest BCUT2D eigenvalue weighted by Crippen LogP contribution is 2.20. The lowest BCUT2D eigenvalue weighted by Gasteiger charge is -2.11. The van der Waals surface area contributed by atoms with E-state index in [-0.39, 0.29) is 17.1 Å². The fourth-order valence-electron chi connectivity index (χ4n) is 2.81. The third-order valence-electron chi connectivity index (χ3n) is 4.49. The van der Waals surface area contributed by atoms with Crippen LogP contribution in [0, 0.1) is 19.7 Å². The molecule has 0 saturated carbocycles. The number of carbonyl (C=O) groups is 1. The molecule has 1 amide bonds. The average molecular weight is 491 g/mol. The van der Waals surface area contributed by atoms with Crippen LogP contribution in [0.15, 0.2) is 70.0 Å². The molecule has 0 spiro atoms. The number of hydrogen-bond donors (Lipinski definition) is 2. The lowest BCUT2D eigenvalue weighted by atomic mass is 10.1. The van der Waals surface area contributed by atoms with Crippen LogP contribution in [0.3, 0.4) is 0 Å².